The lowest BCUT2D eigenvalue weighted by Crippen LogP contribution is -2.43. The molecule has 28 heavy (non-hydrogen) atoms. The molecule has 0 unspecified atom stereocenters. The summed E-state index contributed by atoms with van der Waals surface area (Å²) in [6.07, 6.45) is -0.936. The Kier molecular flexibility index (Phi) is 6.12. The molecule has 1 aromatic heterocycles. The van der Waals surface area contributed by atoms with Crippen molar-refractivity contribution in [1.29, 1.82) is 0 Å². The number of halogens is 1. The van der Waals surface area contributed by atoms with Crippen molar-refractivity contribution in [3.8, 4) is 11.5 Å². The summed E-state index contributed by atoms with van der Waals surface area (Å²) >= 11 is 0. The van der Waals surface area contributed by atoms with E-state index in [9.17, 15) is 19.5 Å². The number of Topliss-reactive ketones (excluding diaryl/α,β-unsaturated/α-hetero) is 1. The molecular formula is C18H17ClN2O7. The summed E-state index contributed by atoms with van der Waals surface area (Å²) in [4.78, 5) is 34.5. The number of phenolic OH excluding ortho intramolecular Hbond substituents is 1. The highest BCUT2D eigenvalue weighted by atomic mass is 35.5. The van der Waals surface area contributed by atoms with Crippen molar-refractivity contribution in [1.82, 2.24) is 5.32 Å². The minimum Gasteiger partial charge on any atom is -0.504 e. The molecule has 3 aromatic rings. The topological polar surface area (TPSA) is 152 Å². The summed E-state index contributed by atoms with van der Waals surface area (Å²) < 4.78 is 10.7. The number of carboxylic acids is 1. The van der Waals surface area contributed by atoms with E-state index in [-0.39, 0.29) is 53.0 Å². The molecule has 1 heterocycles. The molecule has 0 spiro atoms. The highest BCUT2D eigenvalue weighted by molar-refractivity contribution is 6.11. The van der Waals surface area contributed by atoms with Gasteiger partial charge in [0.05, 0.1) is 5.39 Å². The lowest BCUT2D eigenvalue weighted by molar-refractivity contribution is -0.138. The van der Waals surface area contributed by atoms with Crippen LogP contribution in [0.4, 0.5) is 4.79 Å². The summed E-state index contributed by atoms with van der Waals surface area (Å²) in [5.74, 6) is -1.76. The van der Waals surface area contributed by atoms with Gasteiger partial charge in [-0.05, 0) is 6.07 Å². The quantitative estimate of drug-likeness (QED) is 0.469. The van der Waals surface area contributed by atoms with E-state index in [0.717, 1.165) is 0 Å². The SMILES string of the molecule is CC(=O)c1cc2c(OC(=O)NC[C@H](N)C(=O)O)c3ccccc3c(O)c2o1.Cl. The van der Waals surface area contributed by atoms with Gasteiger partial charge in [0.2, 0.25) is 0 Å². The standard InChI is InChI=1S/C18H16N2O7.ClH/c1-8(21)13-6-11-15(27-18(25)20-7-12(19)17(23)24)10-5-3-2-4-9(10)14(22)16(11)26-13;/h2-6,12,22H,7,19H2,1H3,(H,20,25)(H,23,24);1H/t12-;/m0./s1. The summed E-state index contributed by atoms with van der Waals surface area (Å²) in [5, 5.41) is 22.5. The van der Waals surface area contributed by atoms with Crippen LogP contribution < -0.4 is 15.8 Å². The number of carbonyl (C=O) groups is 3. The van der Waals surface area contributed by atoms with Crippen molar-refractivity contribution < 1.29 is 33.8 Å². The van der Waals surface area contributed by atoms with Crippen LogP contribution in [0.5, 0.6) is 11.5 Å². The van der Waals surface area contributed by atoms with Crippen LogP contribution >= 0.6 is 12.4 Å². The van der Waals surface area contributed by atoms with Crippen molar-refractivity contribution in [3.05, 3.63) is 36.1 Å². The highest BCUT2D eigenvalue weighted by Gasteiger charge is 2.22. The first-order valence-corrected chi connectivity index (χ1v) is 7.91. The first-order valence-electron chi connectivity index (χ1n) is 7.91. The van der Waals surface area contributed by atoms with Crippen molar-refractivity contribution in [3.63, 3.8) is 0 Å². The third-order valence-electron chi connectivity index (χ3n) is 3.94. The van der Waals surface area contributed by atoms with E-state index in [2.05, 4.69) is 5.32 Å². The second kappa shape index (κ2) is 8.15. The van der Waals surface area contributed by atoms with E-state index < -0.39 is 18.1 Å². The number of ether oxygens (including phenoxy) is 1. The monoisotopic (exact) mass is 408 g/mol. The zero-order valence-corrected chi connectivity index (χ0v) is 15.4. The fraction of sp³-hybridized carbons (Fsp3) is 0.167. The third-order valence-corrected chi connectivity index (χ3v) is 3.94. The van der Waals surface area contributed by atoms with Gasteiger partial charge in [0.15, 0.2) is 28.6 Å². The van der Waals surface area contributed by atoms with Gasteiger partial charge in [-0.1, -0.05) is 24.3 Å². The van der Waals surface area contributed by atoms with Crippen LogP contribution in [0.1, 0.15) is 17.5 Å². The predicted octanol–water partition coefficient (Wildman–Crippen LogP) is 2.42. The van der Waals surface area contributed by atoms with Crippen LogP contribution in [0, 0.1) is 0 Å². The Morgan fingerprint density at radius 1 is 1.21 bits per heavy atom. The van der Waals surface area contributed by atoms with Crippen LogP contribution in [0.25, 0.3) is 21.7 Å². The number of carboxylic acid groups (broad SMARTS) is 1. The lowest BCUT2D eigenvalue weighted by Gasteiger charge is -2.12. The van der Waals surface area contributed by atoms with E-state index in [1.807, 2.05) is 0 Å². The number of furan rings is 1. The minimum absolute atomic E-state index is 0. The van der Waals surface area contributed by atoms with Crippen molar-refractivity contribution >= 4 is 52.0 Å². The number of nitrogens with two attached hydrogens (primary N) is 1. The fourth-order valence-electron chi connectivity index (χ4n) is 2.58. The molecule has 9 nitrogen and oxygen atoms in total. The van der Waals surface area contributed by atoms with Gasteiger partial charge >= 0.3 is 12.1 Å². The van der Waals surface area contributed by atoms with Gasteiger partial charge in [-0.25, -0.2) is 4.79 Å². The minimum atomic E-state index is -1.28. The highest BCUT2D eigenvalue weighted by Crippen LogP contribution is 2.43. The van der Waals surface area contributed by atoms with E-state index in [0.29, 0.717) is 10.8 Å². The number of rotatable bonds is 5. The van der Waals surface area contributed by atoms with Gasteiger partial charge in [0.1, 0.15) is 6.04 Å². The Morgan fingerprint density at radius 2 is 1.86 bits per heavy atom. The second-order valence-corrected chi connectivity index (χ2v) is 5.85. The molecule has 0 saturated heterocycles. The molecule has 0 aliphatic heterocycles. The molecule has 1 amide bonds. The van der Waals surface area contributed by atoms with Crippen LogP contribution in [0.2, 0.25) is 0 Å². The molecule has 1 atom stereocenters. The number of benzene rings is 2. The molecule has 148 valence electrons. The van der Waals surface area contributed by atoms with Crippen LogP contribution in [-0.4, -0.2) is 40.6 Å². The zero-order chi connectivity index (χ0) is 19.7. The molecule has 0 aliphatic rings. The second-order valence-electron chi connectivity index (χ2n) is 5.85. The Labute approximate surface area is 164 Å². The third kappa shape index (κ3) is 3.85. The van der Waals surface area contributed by atoms with Crippen molar-refractivity contribution in [2.24, 2.45) is 5.73 Å². The zero-order valence-electron chi connectivity index (χ0n) is 14.6. The van der Waals surface area contributed by atoms with Crippen LogP contribution in [0.15, 0.2) is 34.7 Å². The predicted molar refractivity (Wildman–Crippen MR) is 102 cm³/mol. The molecule has 5 N–H and O–H groups in total. The molecule has 0 radical (unpaired) electrons. The lowest BCUT2D eigenvalue weighted by atomic mass is 10.1. The number of hydrogen-bond donors (Lipinski definition) is 4. The Hall–Kier alpha value is -3.30. The summed E-state index contributed by atoms with van der Waals surface area (Å²) in [6, 6.07) is 6.68. The number of ketones is 1. The first kappa shape index (κ1) is 21.0. The van der Waals surface area contributed by atoms with Gasteiger partial charge in [0, 0.05) is 24.2 Å². The summed E-state index contributed by atoms with van der Waals surface area (Å²) in [5.41, 5.74) is 5.34. The molecule has 3 rings (SSSR count). The van der Waals surface area contributed by atoms with Gasteiger partial charge in [-0.2, -0.15) is 0 Å². The van der Waals surface area contributed by atoms with E-state index in [1.165, 1.54) is 13.0 Å². The maximum atomic E-state index is 12.1. The molecule has 0 bridgehead atoms. The number of phenols is 1. The van der Waals surface area contributed by atoms with Gasteiger partial charge < -0.3 is 30.4 Å². The number of fused-ring (bicyclic) bond motifs is 2. The first-order chi connectivity index (χ1) is 12.8. The van der Waals surface area contributed by atoms with Gasteiger partial charge in [-0.3, -0.25) is 9.59 Å². The van der Waals surface area contributed by atoms with Crippen molar-refractivity contribution in [2.75, 3.05) is 6.54 Å². The molecule has 0 aliphatic carbocycles. The van der Waals surface area contributed by atoms with E-state index >= 15 is 0 Å². The van der Waals surface area contributed by atoms with Gasteiger partial charge in [-0.15, -0.1) is 12.4 Å². The number of nitrogens with one attached hydrogen (secondary N) is 1. The summed E-state index contributed by atoms with van der Waals surface area (Å²) in [6.45, 7) is 0.965. The van der Waals surface area contributed by atoms with E-state index in [4.69, 9.17) is 20.0 Å². The average molecular weight is 409 g/mol. The molecule has 0 saturated carbocycles. The maximum absolute atomic E-state index is 12.1. The van der Waals surface area contributed by atoms with Crippen LogP contribution in [0.3, 0.4) is 0 Å². The molecular weight excluding hydrogens is 392 g/mol. The Bertz CT molecular complexity index is 1080. The molecule has 10 heteroatoms. The normalized spacial score (nSPS) is 11.6. The molecule has 0 fully saturated rings. The summed E-state index contributed by atoms with van der Waals surface area (Å²) in [7, 11) is 0. The smallest absolute Gasteiger partial charge is 0.412 e. The van der Waals surface area contributed by atoms with Crippen molar-refractivity contribution in [2.45, 2.75) is 13.0 Å². The Morgan fingerprint density at radius 3 is 2.46 bits per heavy atom. The number of aromatic hydroxyl groups is 1. The molecule has 2 aromatic carbocycles. The number of aliphatic carboxylic acids is 1. The number of amides is 1. The van der Waals surface area contributed by atoms with Crippen LogP contribution in [-0.2, 0) is 4.79 Å². The fourth-order valence-corrected chi connectivity index (χ4v) is 2.58. The average Bonchev–Trinajstić information content (AvgIpc) is 3.09. The maximum Gasteiger partial charge on any atom is 0.412 e. The number of hydrogen-bond acceptors (Lipinski definition) is 7. The van der Waals surface area contributed by atoms with E-state index in [1.54, 1.807) is 24.3 Å². The number of carbonyl (C=O) groups excluding carboxylic acids is 2. The Balaban J connectivity index is 0.00000280. The largest absolute Gasteiger partial charge is 0.504 e. The van der Waals surface area contributed by atoms with Gasteiger partial charge in [0.25, 0.3) is 0 Å².